The summed E-state index contributed by atoms with van der Waals surface area (Å²) >= 11 is 0. The largest absolute Gasteiger partial charge is 0.316 e. The molecule has 1 N–H and O–H groups in total. The number of nitrogens with one attached hydrogen (secondary N) is 1. The third-order valence-electron chi connectivity index (χ3n) is 2.66. The topological polar surface area (TPSA) is 72.7 Å². The van der Waals surface area contributed by atoms with Gasteiger partial charge in [-0.2, -0.15) is 4.80 Å². The molecule has 6 nitrogen and oxygen atoms in total. The lowest BCUT2D eigenvalue weighted by molar-refractivity contribution is 0.0842. The average molecular weight is 195 g/mol. The van der Waals surface area contributed by atoms with Gasteiger partial charge >= 0.3 is 0 Å². The molecule has 0 radical (unpaired) electrons. The fraction of sp³-hybridized carbons (Fsp3) is 0.750. The lowest BCUT2D eigenvalue weighted by Crippen LogP contribution is -2.47. The number of rotatable bonds is 3. The zero-order valence-corrected chi connectivity index (χ0v) is 8.27. The molecule has 0 saturated carbocycles. The lowest BCUT2D eigenvalue weighted by atomic mass is 9.86. The quantitative estimate of drug-likeness (QED) is 0.642. The maximum atomic E-state index is 11.8. The van der Waals surface area contributed by atoms with Crippen LogP contribution in [0, 0.1) is 11.8 Å². The predicted molar refractivity (Wildman–Crippen MR) is 48.7 cm³/mol. The fourth-order valence-electron chi connectivity index (χ4n) is 1.46. The number of carbonyl (C=O) groups is 1. The number of nitrogens with zero attached hydrogens (tertiary/aromatic N) is 4. The van der Waals surface area contributed by atoms with Crippen LogP contribution in [-0.2, 0) is 7.05 Å². The van der Waals surface area contributed by atoms with Crippen molar-refractivity contribution < 1.29 is 4.79 Å². The molecule has 1 unspecified atom stereocenters. The Morgan fingerprint density at radius 2 is 2.36 bits per heavy atom. The van der Waals surface area contributed by atoms with Gasteiger partial charge in [0.25, 0.3) is 0 Å². The van der Waals surface area contributed by atoms with Crippen molar-refractivity contribution in [3.63, 3.8) is 0 Å². The van der Waals surface area contributed by atoms with E-state index in [1.165, 1.54) is 4.80 Å². The van der Waals surface area contributed by atoms with Crippen molar-refractivity contribution in [2.24, 2.45) is 18.9 Å². The number of aryl methyl sites for hydroxylation is 1. The smallest absolute Gasteiger partial charge is 0.240 e. The highest BCUT2D eigenvalue weighted by Gasteiger charge is 2.31. The van der Waals surface area contributed by atoms with Crippen LogP contribution >= 0.6 is 0 Å². The highest BCUT2D eigenvalue weighted by Crippen LogP contribution is 2.18. The summed E-state index contributed by atoms with van der Waals surface area (Å²) in [6.07, 6.45) is 0. The van der Waals surface area contributed by atoms with Crippen molar-refractivity contribution in [3.05, 3.63) is 5.82 Å². The molecule has 1 aliphatic heterocycles. The summed E-state index contributed by atoms with van der Waals surface area (Å²) in [6.45, 7) is 3.74. The van der Waals surface area contributed by atoms with E-state index in [4.69, 9.17) is 0 Å². The van der Waals surface area contributed by atoms with Crippen molar-refractivity contribution >= 4 is 5.78 Å². The zero-order chi connectivity index (χ0) is 10.1. The maximum Gasteiger partial charge on any atom is 0.240 e. The second kappa shape index (κ2) is 3.45. The van der Waals surface area contributed by atoms with Gasteiger partial charge in [0, 0.05) is 5.92 Å². The van der Waals surface area contributed by atoms with Crippen LogP contribution in [0.4, 0.5) is 0 Å². The van der Waals surface area contributed by atoms with Crippen LogP contribution in [0.25, 0.3) is 0 Å². The number of tetrazole rings is 1. The predicted octanol–water partition coefficient (Wildman–Crippen LogP) is -0.752. The van der Waals surface area contributed by atoms with Gasteiger partial charge in [0.2, 0.25) is 11.6 Å². The number of hydrogen-bond acceptors (Lipinski definition) is 5. The van der Waals surface area contributed by atoms with Gasteiger partial charge in [0.15, 0.2) is 0 Å². The van der Waals surface area contributed by atoms with Crippen molar-refractivity contribution in [2.75, 3.05) is 13.1 Å². The highest BCUT2D eigenvalue weighted by atomic mass is 16.1. The molecule has 6 heteroatoms. The Hall–Kier alpha value is -1.30. The fourth-order valence-corrected chi connectivity index (χ4v) is 1.46. The molecule has 1 aromatic rings. The zero-order valence-electron chi connectivity index (χ0n) is 8.27. The Morgan fingerprint density at radius 1 is 1.64 bits per heavy atom. The Bertz CT molecular complexity index is 343. The van der Waals surface area contributed by atoms with E-state index in [0.717, 1.165) is 13.1 Å². The molecule has 0 amide bonds. The minimum absolute atomic E-state index is 0.00963. The minimum atomic E-state index is -0.0135. The summed E-state index contributed by atoms with van der Waals surface area (Å²) < 4.78 is 0. The summed E-state index contributed by atoms with van der Waals surface area (Å²) in [4.78, 5) is 13.1. The molecule has 0 aliphatic carbocycles. The van der Waals surface area contributed by atoms with E-state index in [-0.39, 0.29) is 17.5 Å². The Kier molecular flexibility index (Phi) is 2.28. The van der Waals surface area contributed by atoms with Crippen molar-refractivity contribution in [1.82, 2.24) is 25.5 Å². The van der Waals surface area contributed by atoms with Gasteiger partial charge in [-0.15, -0.1) is 10.2 Å². The normalized spacial score (nSPS) is 19.0. The molecule has 1 atom stereocenters. The molecular weight excluding hydrogens is 182 g/mol. The average Bonchev–Trinajstić information content (AvgIpc) is 2.47. The standard InChI is InChI=1S/C8H13N5O/c1-5(6-3-9-4-6)7(14)8-10-12-13(2)11-8/h5-6,9H,3-4H2,1-2H3. The summed E-state index contributed by atoms with van der Waals surface area (Å²) in [5.74, 6) is 0.628. The summed E-state index contributed by atoms with van der Waals surface area (Å²) in [5.41, 5.74) is 0. The highest BCUT2D eigenvalue weighted by molar-refractivity contribution is 5.94. The van der Waals surface area contributed by atoms with Crippen molar-refractivity contribution in [1.29, 1.82) is 0 Å². The Morgan fingerprint density at radius 3 is 2.79 bits per heavy atom. The summed E-state index contributed by atoms with van der Waals surface area (Å²) in [5, 5.41) is 14.4. The van der Waals surface area contributed by atoms with Crippen LogP contribution < -0.4 is 5.32 Å². The molecule has 1 aromatic heterocycles. The molecule has 0 aromatic carbocycles. The van der Waals surface area contributed by atoms with Crippen LogP contribution in [-0.4, -0.2) is 39.1 Å². The Labute approximate surface area is 81.7 Å². The number of aromatic nitrogens is 4. The van der Waals surface area contributed by atoms with E-state index >= 15 is 0 Å². The number of ketones is 1. The number of carbonyl (C=O) groups excluding carboxylic acids is 1. The van der Waals surface area contributed by atoms with Gasteiger partial charge in [0.05, 0.1) is 7.05 Å². The molecule has 2 heterocycles. The third-order valence-corrected chi connectivity index (χ3v) is 2.66. The first-order valence-corrected chi connectivity index (χ1v) is 4.67. The SMILES string of the molecule is CC(C(=O)c1nnn(C)n1)C1CNC1. The van der Waals surface area contributed by atoms with Crippen LogP contribution in [0.3, 0.4) is 0 Å². The molecule has 1 saturated heterocycles. The van der Waals surface area contributed by atoms with E-state index in [9.17, 15) is 4.79 Å². The van der Waals surface area contributed by atoms with Gasteiger partial charge in [-0.1, -0.05) is 6.92 Å². The van der Waals surface area contributed by atoms with E-state index in [0.29, 0.717) is 5.92 Å². The van der Waals surface area contributed by atoms with E-state index < -0.39 is 0 Å². The number of hydrogen-bond donors (Lipinski definition) is 1. The lowest BCUT2D eigenvalue weighted by Gasteiger charge is -2.30. The van der Waals surface area contributed by atoms with Gasteiger partial charge in [-0.05, 0) is 24.2 Å². The van der Waals surface area contributed by atoms with Crippen LogP contribution in [0.2, 0.25) is 0 Å². The van der Waals surface area contributed by atoms with E-state index in [1.807, 2.05) is 6.92 Å². The van der Waals surface area contributed by atoms with Crippen LogP contribution in [0.1, 0.15) is 17.5 Å². The molecule has 0 spiro atoms. The first-order chi connectivity index (χ1) is 6.68. The van der Waals surface area contributed by atoms with Crippen molar-refractivity contribution in [3.8, 4) is 0 Å². The second-order valence-corrected chi connectivity index (χ2v) is 3.67. The van der Waals surface area contributed by atoms with E-state index in [2.05, 4.69) is 20.7 Å². The van der Waals surface area contributed by atoms with Gasteiger partial charge < -0.3 is 5.32 Å². The van der Waals surface area contributed by atoms with Gasteiger partial charge in [-0.3, -0.25) is 4.79 Å². The first-order valence-electron chi connectivity index (χ1n) is 4.67. The monoisotopic (exact) mass is 195 g/mol. The minimum Gasteiger partial charge on any atom is -0.316 e. The Balaban J connectivity index is 2.07. The molecule has 2 rings (SSSR count). The maximum absolute atomic E-state index is 11.8. The number of Topliss-reactive ketones (excluding diaryl/α,β-unsaturated/α-hetero) is 1. The molecule has 76 valence electrons. The summed E-state index contributed by atoms with van der Waals surface area (Å²) in [7, 11) is 1.65. The summed E-state index contributed by atoms with van der Waals surface area (Å²) in [6, 6.07) is 0. The molecule has 14 heavy (non-hydrogen) atoms. The van der Waals surface area contributed by atoms with Gasteiger partial charge in [0.1, 0.15) is 0 Å². The molecular formula is C8H13N5O. The first kappa shape index (κ1) is 9.26. The van der Waals surface area contributed by atoms with E-state index in [1.54, 1.807) is 7.05 Å². The van der Waals surface area contributed by atoms with Crippen LogP contribution in [0.15, 0.2) is 0 Å². The second-order valence-electron chi connectivity index (χ2n) is 3.67. The molecule has 1 fully saturated rings. The van der Waals surface area contributed by atoms with Crippen molar-refractivity contribution in [2.45, 2.75) is 6.92 Å². The third kappa shape index (κ3) is 1.52. The molecule has 1 aliphatic rings. The van der Waals surface area contributed by atoms with Crippen LogP contribution in [0.5, 0.6) is 0 Å². The van der Waals surface area contributed by atoms with Gasteiger partial charge in [-0.25, -0.2) is 0 Å². The molecule has 0 bridgehead atoms.